The van der Waals surface area contributed by atoms with Gasteiger partial charge in [0.25, 0.3) is 0 Å². The van der Waals surface area contributed by atoms with Crippen LogP contribution in [0.2, 0.25) is 0 Å². The Labute approximate surface area is 217 Å². The molecular formula is C28H31NO5S2. The van der Waals surface area contributed by atoms with Crippen molar-refractivity contribution >= 4 is 44.1 Å². The molecular weight excluding hydrogens is 494 g/mol. The van der Waals surface area contributed by atoms with Crippen molar-refractivity contribution in [1.82, 2.24) is 0 Å². The zero-order valence-electron chi connectivity index (χ0n) is 20.8. The Hall–Kier alpha value is -2.84. The average molecular weight is 526 g/mol. The monoisotopic (exact) mass is 525 g/mol. The summed E-state index contributed by atoms with van der Waals surface area (Å²) in [6.45, 7) is 3.96. The average Bonchev–Trinajstić information content (AvgIpc) is 3.39. The topological polar surface area (TPSA) is 82.0 Å². The molecule has 1 fully saturated rings. The van der Waals surface area contributed by atoms with Crippen molar-refractivity contribution in [2.45, 2.75) is 55.7 Å². The van der Waals surface area contributed by atoms with Crippen LogP contribution in [0, 0.1) is 12.8 Å². The van der Waals surface area contributed by atoms with Crippen molar-refractivity contribution in [3.05, 3.63) is 65.7 Å². The summed E-state index contributed by atoms with van der Waals surface area (Å²) in [7, 11) is -2.55. The van der Waals surface area contributed by atoms with Crippen molar-refractivity contribution in [3.8, 4) is 5.75 Å². The zero-order chi connectivity index (χ0) is 25.7. The maximum atomic E-state index is 13.8. The summed E-state index contributed by atoms with van der Waals surface area (Å²) >= 11 is 1.71. The minimum atomic E-state index is -4.15. The molecule has 1 aliphatic carbocycles. The highest BCUT2D eigenvalue weighted by Gasteiger charge is 2.26. The number of methoxy groups -OCH3 is 1. The van der Waals surface area contributed by atoms with Gasteiger partial charge in [0, 0.05) is 15.8 Å². The van der Waals surface area contributed by atoms with Crippen molar-refractivity contribution in [3.63, 3.8) is 0 Å². The number of carbonyl (C=O) groups excluding carboxylic acids is 1. The van der Waals surface area contributed by atoms with E-state index in [1.165, 1.54) is 12.1 Å². The van der Waals surface area contributed by atoms with E-state index in [1.54, 1.807) is 43.1 Å². The summed E-state index contributed by atoms with van der Waals surface area (Å²) in [5.41, 5.74) is 1.50. The molecule has 190 valence electrons. The molecule has 0 saturated heterocycles. The molecule has 1 saturated carbocycles. The first kappa shape index (κ1) is 26.2. The fourth-order valence-corrected chi connectivity index (χ4v) is 6.03. The number of hydrogen-bond donors (Lipinski definition) is 0. The summed E-state index contributed by atoms with van der Waals surface area (Å²) in [4.78, 5) is 14.9. The van der Waals surface area contributed by atoms with E-state index in [-0.39, 0.29) is 22.3 Å². The largest absolute Gasteiger partial charge is 0.496 e. The molecule has 6 nitrogen and oxygen atoms in total. The quantitative estimate of drug-likeness (QED) is 0.125. The maximum Gasteiger partial charge on any atom is 0.358 e. The molecule has 0 atom stereocenters. The molecule has 36 heavy (non-hydrogen) atoms. The second-order valence-corrected chi connectivity index (χ2v) is 11.9. The van der Waals surface area contributed by atoms with E-state index < -0.39 is 10.1 Å². The predicted molar refractivity (Wildman–Crippen MR) is 145 cm³/mol. The van der Waals surface area contributed by atoms with Gasteiger partial charge in [-0.2, -0.15) is 8.42 Å². The number of aryl methyl sites for hydroxylation is 1. The van der Waals surface area contributed by atoms with Crippen LogP contribution in [0.25, 0.3) is 10.8 Å². The lowest BCUT2D eigenvalue weighted by Crippen LogP contribution is -2.19. The normalized spacial score (nSPS) is 14.8. The van der Waals surface area contributed by atoms with Gasteiger partial charge in [-0.05, 0) is 66.8 Å². The van der Waals surface area contributed by atoms with Crippen molar-refractivity contribution < 1.29 is 22.2 Å². The Morgan fingerprint density at radius 2 is 1.75 bits per heavy atom. The van der Waals surface area contributed by atoms with E-state index in [0.717, 1.165) is 52.7 Å². The number of oxime groups is 1. The standard InChI is InChI=1S/C28H31NO5S2/c1-4-35-21-11-14-23-24(15-16-27(33-3)25(23)18-21)28(30)26(17-20-7-5-6-8-20)29-34-36(31,32)22-12-9-19(2)10-13-22/h9-16,18,20H,4-8,17H2,1-3H3/b29-26+. The van der Waals surface area contributed by atoms with Crippen LogP contribution in [-0.4, -0.2) is 32.8 Å². The molecule has 0 aliphatic heterocycles. The Morgan fingerprint density at radius 1 is 1.03 bits per heavy atom. The molecule has 0 heterocycles. The van der Waals surface area contributed by atoms with Crippen LogP contribution in [0.3, 0.4) is 0 Å². The third kappa shape index (κ3) is 5.93. The van der Waals surface area contributed by atoms with Crippen molar-refractivity contribution in [2.75, 3.05) is 12.9 Å². The van der Waals surface area contributed by atoms with Gasteiger partial charge in [-0.25, -0.2) is 0 Å². The molecule has 0 amide bonds. The number of fused-ring (bicyclic) bond motifs is 1. The molecule has 0 spiro atoms. The van der Waals surface area contributed by atoms with Crippen LogP contribution >= 0.6 is 11.8 Å². The van der Waals surface area contributed by atoms with Gasteiger partial charge in [0.1, 0.15) is 16.4 Å². The number of hydrogen-bond acceptors (Lipinski definition) is 7. The number of Topliss-reactive ketones (excluding diaryl/α,β-unsaturated/α-hetero) is 1. The molecule has 0 bridgehead atoms. The number of ketones is 1. The maximum absolute atomic E-state index is 13.8. The Bertz CT molecular complexity index is 1380. The van der Waals surface area contributed by atoms with Gasteiger partial charge in [-0.1, -0.05) is 61.5 Å². The van der Waals surface area contributed by atoms with Gasteiger partial charge >= 0.3 is 10.1 Å². The Morgan fingerprint density at radius 3 is 2.42 bits per heavy atom. The summed E-state index contributed by atoms with van der Waals surface area (Å²) in [6.07, 6.45) is 4.53. The van der Waals surface area contributed by atoms with Crippen LogP contribution in [0.1, 0.15) is 54.9 Å². The lowest BCUT2D eigenvalue weighted by molar-refractivity contribution is 0.106. The Kier molecular flexibility index (Phi) is 8.36. The van der Waals surface area contributed by atoms with E-state index in [9.17, 15) is 13.2 Å². The van der Waals surface area contributed by atoms with Crippen molar-refractivity contribution in [1.29, 1.82) is 0 Å². The smallest absolute Gasteiger partial charge is 0.358 e. The first-order chi connectivity index (χ1) is 17.3. The molecule has 0 unspecified atom stereocenters. The summed E-state index contributed by atoms with van der Waals surface area (Å²) in [6, 6.07) is 15.7. The van der Waals surface area contributed by atoms with E-state index >= 15 is 0 Å². The molecule has 1 aliphatic rings. The number of nitrogens with zero attached hydrogens (tertiary/aromatic N) is 1. The number of thioether (sulfide) groups is 1. The van der Waals surface area contributed by atoms with E-state index in [0.29, 0.717) is 17.7 Å². The lowest BCUT2D eigenvalue weighted by Gasteiger charge is -2.14. The molecule has 0 N–H and O–H groups in total. The molecule has 3 aromatic carbocycles. The highest BCUT2D eigenvalue weighted by atomic mass is 32.2. The van der Waals surface area contributed by atoms with Gasteiger partial charge in [-0.15, -0.1) is 11.8 Å². The van der Waals surface area contributed by atoms with Crippen LogP contribution in [0.5, 0.6) is 5.75 Å². The summed E-state index contributed by atoms with van der Waals surface area (Å²) in [5.74, 6) is 1.55. The molecule has 0 aromatic heterocycles. The summed E-state index contributed by atoms with van der Waals surface area (Å²) in [5, 5.41) is 5.54. The highest BCUT2D eigenvalue weighted by Crippen LogP contribution is 2.34. The number of ether oxygens (including phenoxy) is 1. The minimum Gasteiger partial charge on any atom is -0.496 e. The van der Waals surface area contributed by atoms with Crippen LogP contribution in [0.4, 0.5) is 0 Å². The molecule has 4 rings (SSSR count). The molecule has 8 heteroatoms. The van der Waals surface area contributed by atoms with Gasteiger partial charge in [-0.3, -0.25) is 9.08 Å². The molecule has 3 aromatic rings. The van der Waals surface area contributed by atoms with Crippen LogP contribution < -0.4 is 4.74 Å². The number of rotatable bonds is 10. The lowest BCUT2D eigenvalue weighted by atomic mass is 9.93. The van der Waals surface area contributed by atoms with E-state index in [1.807, 2.05) is 25.1 Å². The second-order valence-electron chi connectivity index (χ2n) is 9.02. The van der Waals surface area contributed by atoms with E-state index in [4.69, 9.17) is 9.02 Å². The fourth-order valence-electron chi connectivity index (χ4n) is 4.59. The van der Waals surface area contributed by atoms with Gasteiger partial charge < -0.3 is 4.74 Å². The van der Waals surface area contributed by atoms with E-state index in [2.05, 4.69) is 12.1 Å². The Balaban J connectivity index is 1.72. The second kappa shape index (κ2) is 11.5. The molecule has 0 radical (unpaired) electrons. The summed E-state index contributed by atoms with van der Waals surface area (Å²) < 4.78 is 36.2. The fraction of sp³-hybridized carbons (Fsp3) is 0.357. The predicted octanol–water partition coefficient (Wildman–Crippen LogP) is 6.79. The number of carbonyl (C=O) groups is 1. The third-order valence-electron chi connectivity index (χ3n) is 6.50. The van der Waals surface area contributed by atoms with Gasteiger partial charge in [0.2, 0.25) is 5.78 Å². The SMILES string of the molecule is CCSc1ccc2c(C(=O)/C(CC3CCCC3)=N/OS(=O)(=O)c3ccc(C)cc3)ccc(OC)c2c1. The zero-order valence-corrected chi connectivity index (χ0v) is 22.5. The first-order valence-corrected chi connectivity index (χ1v) is 14.6. The van der Waals surface area contributed by atoms with Gasteiger partial charge in [0.15, 0.2) is 0 Å². The van der Waals surface area contributed by atoms with Crippen LogP contribution in [0.15, 0.2) is 69.5 Å². The minimum absolute atomic E-state index is 0.000339. The van der Waals surface area contributed by atoms with Gasteiger partial charge in [0.05, 0.1) is 7.11 Å². The highest BCUT2D eigenvalue weighted by molar-refractivity contribution is 7.99. The first-order valence-electron chi connectivity index (χ1n) is 12.2. The van der Waals surface area contributed by atoms with Crippen molar-refractivity contribution in [2.24, 2.45) is 11.1 Å². The number of benzene rings is 3. The van der Waals surface area contributed by atoms with Crippen LogP contribution in [-0.2, 0) is 14.4 Å². The third-order valence-corrected chi connectivity index (χ3v) is 8.49.